The molecule has 0 atom stereocenters. The van der Waals surface area contributed by atoms with Gasteiger partial charge < -0.3 is 9.84 Å². The normalized spacial score (nSPS) is 13.6. The lowest BCUT2D eigenvalue weighted by Gasteiger charge is -2.05. The van der Waals surface area contributed by atoms with Crippen molar-refractivity contribution in [1.82, 2.24) is 24.8 Å². The molecule has 1 amide bonds. The van der Waals surface area contributed by atoms with Gasteiger partial charge in [0.05, 0.1) is 17.9 Å². The van der Waals surface area contributed by atoms with Crippen molar-refractivity contribution in [2.75, 3.05) is 6.54 Å². The standard InChI is InChI=1S/C21H25N5O3/c1-14-18(15(2)29-24-14)10-11-19(27)22-12-13-25-21(28)26(17-6-4-3-5-7-17)20(23-25)16-8-9-16/h3-7,16H,8-13H2,1-2H3,(H,22,27). The number of carbonyl (C=O) groups is 1. The summed E-state index contributed by atoms with van der Waals surface area (Å²) in [6.07, 6.45) is 3.05. The van der Waals surface area contributed by atoms with Gasteiger partial charge in [0.25, 0.3) is 0 Å². The van der Waals surface area contributed by atoms with E-state index in [9.17, 15) is 9.59 Å². The van der Waals surface area contributed by atoms with Crippen LogP contribution in [0.3, 0.4) is 0 Å². The molecule has 0 aliphatic heterocycles. The minimum Gasteiger partial charge on any atom is -0.361 e. The van der Waals surface area contributed by atoms with Crippen LogP contribution in [0.25, 0.3) is 5.69 Å². The first-order valence-electron chi connectivity index (χ1n) is 9.98. The molecule has 1 aromatic carbocycles. The Hall–Kier alpha value is -3.16. The predicted molar refractivity (Wildman–Crippen MR) is 107 cm³/mol. The molecule has 1 fully saturated rings. The summed E-state index contributed by atoms with van der Waals surface area (Å²) in [7, 11) is 0. The summed E-state index contributed by atoms with van der Waals surface area (Å²) >= 11 is 0. The van der Waals surface area contributed by atoms with E-state index >= 15 is 0 Å². The minimum absolute atomic E-state index is 0.0667. The summed E-state index contributed by atoms with van der Waals surface area (Å²) in [6, 6.07) is 9.57. The maximum Gasteiger partial charge on any atom is 0.350 e. The monoisotopic (exact) mass is 395 g/mol. The Morgan fingerprint density at radius 1 is 1.24 bits per heavy atom. The third-order valence-electron chi connectivity index (χ3n) is 5.25. The first kappa shape index (κ1) is 19.2. The quantitative estimate of drug-likeness (QED) is 0.631. The summed E-state index contributed by atoms with van der Waals surface area (Å²) in [4.78, 5) is 25.1. The highest BCUT2D eigenvalue weighted by atomic mass is 16.5. The Balaban J connectivity index is 1.38. The number of para-hydroxylation sites is 1. The lowest BCUT2D eigenvalue weighted by atomic mass is 10.1. The number of aryl methyl sites for hydroxylation is 2. The van der Waals surface area contributed by atoms with Crippen LogP contribution in [-0.2, 0) is 17.8 Å². The number of nitrogens with zero attached hydrogens (tertiary/aromatic N) is 4. The fourth-order valence-electron chi connectivity index (χ4n) is 3.48. The molecule has 0 bridgehead atoms. The zero-order chi connectivity index (χ0) is 20.4. The SMILES string of the molecule is Cc1noc(C)c1CCC(=O)NCCn1nc(C2CC2)n(-c2ccccc2)c1=O. The van der Waals surface area contributed by atoms with Gasteiger partial charge in [-0.15, -0.1) is 0 Å². The van der Waals surface area contributed by atoms with Crippen LogP contribution in [0.4, 0.5) is 0 Å². The first-order chi connectivity index (χ1) is 14.0. The number of carbonyl (C=O) groups excluding carboxylic acids is 1. The van der Waals surface area contributed by atoms with Crippen LogP contribution in [0.1, 0.15) is 48.0 Å². The summed E-state index contributed by atoms with van der Waals surface area (Å²) in [5, 5.41) is 11.3. The van der Waals surface area contributed by atoms with Crippen molar-refractivity contribution in [2.45, 2.75) is 52.0 Å². The highest BCUT2D eigenvalue weighted by molar-refractivity contribution is 5.76. The van der Waals surface area contributed by atoms with Gasteiger partial charge in [-0.25, -0.2) is 14.0 Å². The van der Waals surface area contributed by atoms with E-state index in [1.54, 1.807) is 4.57 Å². The molecule has 0 radical (unpaired) electrons. The molecule has 3 aromatic rings. The summed E-state index contributed by atoms with van der Waals surface area (Å²) < 4.78 is 8.27. The molecule has 2 heterocycles. The average molecular weight is 395 g/mol. The van der Waals surface area contributed by atoms with Crippen LogP contribution >= 0.6 is 0 Å². The van der Waals surface area contributed by atoms with Crippen LogP contribution in [-0.4, -0.2) is 32.0 Å². The van der Waals surface area contributed by atoms with E-state index in [1.807, 2.05) is 44.2 Å². The zero-order valence-corrected chi connectivity index (χ0v) is 16.7. The van der Waals surface area contributed by atoms with Crippen molar-refractivity contribution >= 4 is 5.91 Å². The smallest absolute Gasteiger partial charge is 0.350 e. The van der Waals surface area contributed by atoms with Crippen LogP contribution < -0.4 is 11.0 Å². The predicted octanol–water partition coefficient (Wildman–Crippen LogP) is 2.27. The van der Waals surface area contributed by atoms with E-state index < -0.39 is 0 Å². The fourth-order valence-corrected chi connectivity index (χ4v) is 3.48. The Morgan fingerprint density at radius 3 is 2.66 bits per heavy atom. The molecular formula is C21H25N5O3. The Labute approximate surface area is 168 Å². The molecule has 4 rings (SSSR count). The molecule has 29 heavy (non-hydrogen) atoms. The van der Waals surface area contributed by atoms with Crippen molar-refractivity contribution in [2.24, 2.45) is 0 Å². The number of aromatic nitrogens is 4. The summed E-state index contributed by atoms with van der Waals surface area (Å²) in [6.45, 7) is 4.42. The molecule has 8 heteroatoms. The van der Waals surface area contributed by atoms with Gasteiger partial charge in [0.2, 0.25) is 5.91 Å². The van der Waals surface area contributed by atoms with Gasteiger partial charge in [-0.2, -0.15) is 5.10 Å². The summed E-state index contributed by atoms with van der Waals surface area (Å²) in [5.74, 6) is 1.84. The van der Waals surface area contributed by atoms with Crippen molar-refractivity contribution in [3.05, 3.63) is 63.7 Å². The van der Waals surface area contributed by atoms with E-state index in [4.69, 9.17) is 4.52 Å². The van der Waals surface area contributed by atoms with Crippen LogP contribution in [0.15, 0.2) is 39.6 Å². The number of hydrogen-bond acceptors (Lipinski definition) is 5. The van der Waals surface area contributed by atoms with E-state index in [0.29, 0.717) is 31.8 Å². The molecule has 1 N–H and O–H groups in total. The molecule has 1 aliphatic carbocycles. The number of nitrogens with one attached hydrogen (secondary N) is 1. The molecule has 2 aromatic heterocycles. The van der Waals surface area contributed by atoms with Crippen molar-refractivity contribution < 1.29 is 9.32 Å². The van der Waals surface area contributed by atoms with Gasteiger partial charge in [-0.05, 0) is 45.2 Å². The summed E-state index contributed by atoms with van der Waals surface area (Å²) in [5.41, 5.74) is 2.46. The number of amides is 1. The van der Waals surface area contributed by atoms with E-state index in [1.165, 1.54) is 4.68 Å². The molecule has 0 unspecified atom stereocenters. The third-order valence-corrected chi connectivity index (χ3v) is 5.25. The third kappa shape index (κ3) is 4.16. The molecule has 0 saturated heterocycles. The van der Waals surface area contributed by atoms with Crippen molar-refractivity contribution in [1.29, 1.82) is 0 Å². The van der Waals surface area contributed by atoms with Gasteiger partial charge in [0.15, 0.2) is 0 Å². The van der Waals surface area contributed by atoms with Crippen molar-refractivity contribution in [3.63, 3.8) is 0 Å². The lowest BCUT2D eigenvalue weighted by Crippen LogP contribution is -2.32. The number of benzene rings is 1. The van der Waals surface area contributed by atoms with E-state index in [-0.39, 0.29) is 11.6 Å². The maximum absolute atomic E-state index is 12.9. The van der Waals surface area contributed by atoms with Crippen LogP contribution in [0.5, 0.6) is 0 Å². The Kier molecular flexibility index (Phi) is 5.33. The number of rotatable bonds is 8. The molecular weight excluding hydrogens is 370 g/mol. The highest BCUT2D eigenvalue weighted by Gasteiger charge is 2.31. The van der Waals surface area contributed by atoms with Crippen molar-refractivity contribution in [3.8, 4) is 5.69 Å². The van der Waals surface area contributed by atoms with Crippen LogP contribution in [0, 0.1) is 13.8 Å². The maximum atomic E-state index is 12.9. The zero-order valence-electron chi connectivity index (χ0n) is 16.7. The second kappa shape index (κ2) is 8.06. The van der Waals surface area contributed by atoms with Gasteiger partial charge in [0.1, 0.15) is 11.6 Å². The molecule has 152 valence electrons. The Bertz CT molecular complexity index is 1040. The molecule has 8 nitrogen and oxygen atoms in total. The topological polar surface area (TPSA) is 94.9 Å². The van der Waals surface area contributed by atoms with Gasteiger partial charge in [-0.3, -0.25) is 4.79 Å². The second-order valence-corrected chi connectivity index (χ2v) is 7.46. The molecule has 1 aliphatic rings. The minimum atomic E-state index is -0.164. The number of hydrogen-bond donors (Lipinski definition) is 1. The van der Waals surface area contributed by atoms with Gasteiger partial charge in [0, 0.05) is 24.4 Å². The fraction of sp³-hybridized carbons (Fsp3) is 0.429. The largest absolute Gasteiger partial charge is 0.361 e. The van der Waals surface area contributed by atoms with E-state index in [0.717, 1.165) is 41.4 Å². The van der Waals surface area contributed by atoms with E-state index in [2.05, 4.69) is 15.6 Å². The molecule has 1 saturated carbocycles. The average Bonchev–Trinajstić information content (AvgIpc) is 3.45. The lowest BCUT2D eigenvalue weighted by molar-refractivity contribution is -0.121. The molecule has 0 spiro atoms. The highest BCUT2D eigenvalue weighted by Crippen LogP contribution is 2.39. The van der Waals surface area contributed by atoms with Gasteiger partial charge >= 0.3 is 5.69 Å². The van der Waals surface area contributed by atoms with Gasteiger partial charge in [-0.1, -0.05) is 23.4 Å². The first-order valence-corrected chi connectivity index (χ1v) is 9.98. The van der Waals surface area contributed by atoms with Crippen LogP contribution in [0.2, 0.25) is 0 Å². The second-order valence-electron chi connectivity index (χ2n) is 7.46. The Morgan fingerprint density at radius 2 is 2.00 bits per heavy atom.